The molecule has 0 spiro atoms. The Bertz CT molecular complexity index is 342. The Balaban J connectivity index is 0. The van der Waals surface area contributed by atoms with Gasteiger partial charge in [0.05, 0.1) is 11.9 Å². The van der Waals surface area contributed by atoms with Crippen LogP contribution in [-0.2, 0) is 17.1 Å². The van der Waals surface area contributed by atoms with Gasteiger partial charge < -0.3 is 31.6 Å². The van der Waals surface area contributed by atoms with Crippen molar-refractivity contribution in [1.29, 1.82) is 5.26 Å². The van der Waals surface area contributed by atoms with Crippen molar-refractivity contribution >= 4 is 11.9 Å². The second kappa shape index (κ2) is 7.56. The maximum absolute atomic E-state index is 10.3. The molecule has 0 aliphatic rings. The molecule has 1 radical (unpaired) electrons. The zero-order valence-corrected chi connectivity index (χ0v) is 8.13. The van der Waals surface area contributed by atoms with Crippen molar-refractivity contribution in [3.8, 4) is 0 Å². The van der Waals surface area contributed by atoms with E-state index in [0.717, 1.165) is 12.1 Å². The molecular formula is C9H4CuNO4-3. The van der Waals surface area contributed by atoms with Crippen LogP contribution < -0.4 is 10.2 Å². The summed E-state index contributed by atoms with van der Waals surface area (Å²) in [5.74, 6) is -3.04. The molecule has 0 bridgehead atoms. The first kappa shape index (κ1) is 15.6. The fourth-order valence-corrected chi connectivity index (χ4v) is 0.839. The van der Waals surface area contributed by atoms with Crippen molar-refractivity contribution in [1.82, 2.24) is 0 Å². The van der Waals surface area contributed by atoms with Gasteiger partial charge in [-0.3, -0.25) is 0 Å². The number of benzene rings is 1. The maximum Gasteiger partial charge on any atom is 0.0721 e. The Hall–Kier alpha value is -1.83. The summed E-state index contributed by atoms with van der Waals surface area (Å²) in [5, 5.41) is 26.9. The smallest absolute Gasteiger partial charge is 0.0721 e. The van der Waals surface area contributed by atoms with E-state index in [-0.39, 0.29) is 28.2 Å². The number of hydrogen-bond acceptors (Lipinski definition) is 5. The van der Waals surface area contributed by atoms with Crippen LogP contribution >= 0.6 is 0 Å². The van der Waals surface area contributed by atoms with Crippen LogP contribution in [0.2, 0.25) is 0 Å². The summed E-state index contributed by atoms with van der Waals surface area (Å²) in [6.07, 6.45) is 0. The fourth-order valence-electron chi connectivity index (χ4n) is 0.839. The maximum atomic E-state index is 10.3. The number of carbonyl (C=O) groups excluding carboxylic acids is 2. The fraction of sp³-hybridized carbons (Fsp3) is 0. The first-order chi connectivity index (χ1) is 6.63. The summed E-state index contributed by atoms with van der Waals surface area (Å²) >= 11 is 0. The largest absolute Gasteiger partial charge is 0.545 e. The van der Waals surface area contributed by atoms with E-state index < -0.39 is 11.9 Å². The van der Waals surface area contributed by atoms with Gasteiger partial charge in [-0.1, -0.05) is 24.3 Å². The predicted octanol–water partition coefficient (Wildman–Crippen LogP) is -1.49. The molecule has 15 heavy (non-hydrogen) atoms. The minimum atomic E-state index is -1.52. The molecule has 0 fully saturated rings. The molecule has 1 aromatic rings. The van der Waals surface area contributed by atoms with Crippen molar-refractivity contribution in [2.45, 2.75) is 0 Å². The molecule has 1 rings (SSSR count). The normalized spacial score (nSPS) is 7.60. The summed E-state index contributed by atoms with van der Waals surface area (Å²) in [5.41, 5.74) is -0.727. The van der Waals surface area contributed by atoms with Crippen molar-refractivity contribution in [3.05, 3.63) is 42.0 Å². The minimum absolute atomic E-state index is 0. The standard InChI is InChI=1S/C8H6O4.CN.Cu/c9-7(10)5-3-1-2-4-6(5)8(11)12;1-2;/h1-4H,(H,9,10)(H,11,12);;/q;-1;/p-2. The van der Waals surface area contributed by atoms with E-state index in [4.69, 9.17) is 11.8 Å². The summed E-state index contributed by atoms with van der Waals surface area (Å²) in [4.78, 5) is 20.6. The third-order valence-electron chi connectivity index (χ3n) is 1.37. The first-order valence-electron chi connectivity index (χ1n) is 3.37. The summed E-state index contributed by atoms with van der Waals surface area (Å²) in [6.45, 7) is 4.75. The van der Waals surface area contributed by atoms with E-state index in [2.05, 4.69) is 0 Å². The van der Waals surface area contributed by atoms with Gasteiger partial charge in [0.2, 0.25) is 0 Å². The molecule has 0 amide bonds. The van der Waals surface area contributed by atoms with Crippen LogP contribution in [0.15, 0.2) is 24.3 Å². The molecule has 0 aromatic heterocycles. The van der Waals surface area contributed by atoms with Gasteiger partial charge in [-0.2, -0.15) is 0 Å². The van der Waals surface area contributed by atoms with Gasteiger partial charge in [-0.25, -0.2) is 0 Å². The Kier molecular flexibility index (Phi) is 7.88. The molecule has 0 heterocycles. The molecule has 83 valence electrons. The number of nitrogens with zero attached hydrogens (tertiary/aromatic N) is 1. The number of aromatic carboxylic acids is 2. The molecule has 1 aromatic carbocycles. The van der Waals surface area contributed by atoms with E-state index in [1.807, 2.05) is 0 Å². The quantitative estimate of drug-likeness (QED) is 0.472. The van der Waals surface area contributed by atoms with E-state index in [1.165, 1.54) is 12.1 Å². The molecule has 0 N–H and O–H groups in total. The van der Waals surface area contributed by atoms with Crippen LogP contribution in [0.1, 0.15) is 20.7 Å². The second-order valence-electron chi connectivity index (χ2n) is 2.12. The Labute approximate surface area is 96.4 Å². The molecule has 0 saturated carbocycles. The minimum Gasteiger partial charge on any atom is -0.545 e. The summed E-state index contributed by atoms with van der Waals surface area (Å²) in [7, 11) is 0. The van der Waals surface area contributed by atoms with E-state index >= 15 is 0 Å². The average molecular weight is 254 g/mol. The second-order valence-corrected chi connectivity index (χ2v) is 2.12. The number of carbonyl (C=O) groups is 2. The topological polar surface area (TPSA) is 104 Å². The van der Waals surface area contributed by atoms with E-state index in [0.29, 0.717) is 0 Å². The molecule has 5 nitrogen and oxygen atoms in total. The monoisotopic (exact) mass is 253 g/mol. The van der Waals surface area contributed by atoms with Gasteiger partial charge in [0.15, 0.2) is 0 Å². The molecule has 0 unspecified atom stereocenters. The Morgan fingerprint density at radius 1 is 1.00 bits per heavy atom. The van der Waals surface area contributed by atoms with E-state index in [9.17, 15) is 19.8 Å². The van der Waals surface area contributed by atoms with Crippen molar-refractivity contribution in [2.75, 3.05) is 0 Å². The van der Waals surface area contributed by atoms with Gasteiger partial charge in [0.25, 0.3) is 0 Å². The molecular weight excluding hydrogens is 250 g/mol. The van der Waals surface area contributed by atoms with Gasteiger partial charge in [0, 0.05) is 28.2 Å². The van der Waals surface area contributed by atoms with Gasteiger partial charge in [-0.15, -0.1) is 0 Å². The van der Waals surface area contributed by atoms with Crippen LogP contribution in [-0.4, -0.2) is 11.9 Å². The van der Waals surface area contributed by atoms with Crippen LogP contribution in [0, 0.1) is 11.8 Å². The molecule has 0 atom stereocenters. The Morgan fingerprint density at radius 3 is 1.47 bits per heavy atom. The Morgan fingerprint density at radius 2 is 1.27 bits per heavy atom. The van der Waals surface area contributed by atoms with Crippen molar-refractivity contribution in [2.24, 2.45) is 0 Å². The third-order valence-corrected chi connectivity index (χ3v) is 1.37. The number of rotatable bonds is 2. The zero-order chi connectivity index (χ0) is 11.1. The molecule has 0 saturated heterocycles. The number of hydrogen-bond donors (Lipinski definition) is 0. The van der Waals surface area contributed by atoms with Crippen molar-refractivity contribution < 1.29 is 36.9 Å². The SMILES string of the molecule is O=C([O-])c1ccccc1C(=O)[O-].[C-]#N.[Cu]. The zero-order valence-electron chi connectivity index (χ0n) is 7.19. The summed E-state index contributed by atoms with van der Waals surface area (Å²) < 4.78 is 0. The van der Waals surface area contributed by atoms with Crippen molar-refractivity contribution in [3.63, 3.8) is 0 Å². The van der Waals surface area contributed by atoms with Crippen LogP contribution in [0.5, 0.6) is 0 Å². The third kappa shape index (κ3) is 4.27. The molecule has 0 aliphatic heterocycles. The van der Waals surface area contributed by atoms with Gasteiger partial charge >= 0.3 is 0 Å². The number of carboxylic acids is 2. The van der Waals surface area contributed by atoms with Crippen LogP contribution in [0.25, 0.3) is 0 Å². The van der Waals surface area contributed by atoms with Crippen LogP contribution in [0.3, 0.4) is 0 Å². The van der Waals surface area contributed by atoms with Gasteiger partial charge in [-0.05, 0) is 0 Å². The molecule has 0 aliphatic carbocycles. The van der Waals surface area contributed by atoms with Gasteiger partial charge in [0.1, 0.15) is 0 Å². The average Bonchev–Trinajstić information content (AvgIpc) is 2.20. The molecule has 6 heteroatoms. The number of carboxylic acid groups (broad SMARTS) is 2. The predicted molar refractivity (Wildman–Crippen MR) is 40.1 cm³/mol. The van der Waals surface area contributed by atoms with E-state index in [1.54, 1.807) is 0 Å². The first-order valence-corrected chi connectivity index (χ1v) is 3.37. The van der Waals surface area contributed by atoms with Crippen LogP contribution in [0.4, 0.5) is 0 Å². The summed E-state index contributed by atoms with van der Waals surface area (Å²) in [6, 6.07) is 5.14.